The number of hydrogen-bond donors (Lipinski definition) is 2. The maximum absolute atomic E-state index is 13.9. The van der Waals surface area contributed by atoms with Crippen LogP contribution in [0.3, 0.4) is 0 Å². The Morgan fingerprint density at radius 2 is 1.77 bits per heavy atom. The molecule has 1 aliphatic rings. The number of carbonyl (C=O) groups is 1. The number of amides is 1. The molecule has 1 aliphatic carbocycles. The summed E-state index contributed by atoms with van der Waals surface area (Å²) in [6, 6.07) is 4.49. The van der Waals surface area contributed by atoms with Gasteiger partial charge in [0, 0.05) is 36.3 Å². The van der Waals surface area contributed by atoms with E-state index in [1.807, 2.05) is 0 Å². The molecule has 0 unspecified atom stereocenters. The van der Waals surface area contributed by atoms with Crippen molar-refractivity contribution in [1.29, 1.82) is 0 Å². The van der Waals surface area contributed by atoms with E-state index >= 15 is 0 Å². The van der Waals surface area contributed by atoms with Crippen molar-refractivity contribution in [2.24, 2.45) is 10.7 Å². The lowest BCUT2D eigenvalue weighted by molar-refractivity contribution is -0.143. The first-order valence-electron chi connectivity index (χ1n) is 11.5. The molecule has 0 radical (unpaired) electrons. The summed E-state index contributed by atoms with van der Waals surface area (Å²) in [4.78, 5) is 17.4. The molecule has 0 aliphatic heterocycles. The van der Waals surface area contributed by atoms with Crippen LogP contribution in [0, 0.1) is 5.82 Å². The van der Waals surface area contributed by atoms with E-state index in [0.29, 0.717) is 18.9 Å². The number of nitrogens with zero attached hydrogens (tertiary/aromatic N) is 2. The Labute approximate surface area is 218 Å². The molecular formula is C25H24F7N3O4. The summed E-state index contributed by atoms with van der Waals surface area (Å²) < 4.78 is 106. The first-order valence-corrected chi connectivity index (χ1v) is 11.5. The molecule has 3 rings (SSSR count). The molecule has 1 fully saturated rings. The zero-order valence-corrected chi connectivity index (χ0v) is 20.4. The van der Waals surface area contributed by atoms with Crippen LogP contribution in [-0.4, -0.2) is 49.8 Å². The molecule has 0 aromatic heterocycles. The topological polar surface area (TPSA) is 97.4 Å². The SMILES string of the molecule is CN(C(=O)Oc1c(/C(C=NCCOC2CC(O)C2)=C/N)cc(C(F)(F)F)cc1C(F)(F)F)c1ccc(F)cc1. The van der Waals surface area contributed by atoms with Crippen molar-refractivity contribution in [2.45, 2.75) is 37.4 Å². The van der Waals surface area contributed by atoms with Gasteiger partial charge in [0.1, 0.15) is 5.82 Å². The largest absolute Gasteiger partial charge is 0.420 e. The van der Waals surface area contributed by atoms with Gasteiger partial charge in [0.05, 0.1) is 36.5 Å². The average molecular weight is 563 g/mol. The lowest BCUT2D eigenvalue weighted by Gasteiger charge is -2.30. The van der Waals surface area contributed by atoms with E-state index < -0.39 is 58.4 Å². The molecular weight excluding hydrogens is 539 g/mol. The molecule has 3 N–H and O–H groups in total. The van der Waals surface area contributed by atoms with Crippen molar-refractivity contribution in [3.63, 3.8) is 0 Å². The lowest BCUT2D eigenvalue weighted by Crippen LogP contribution is -2.35. The van der Waals surface area contributed by atoms with Crippen LogP contribution in [0.1, 0.15) is 29.5 Å². The van der Waals surface area contributed by atoms with Crippen molar-refractivity contribution in [3.05, 3.63) is 65.1 Å². The van der Waals surface area contributed by atoms with E-state index in [9.17, 15) is 40.6 Å². The number of rotatable bonds is 8. The summed E-state index contributed by atoms with van der Waals surface area (Å²) in [5.41, 5.74) is 0.876. The first kappa shape index (κ1) is 29.9. The Bertz CT molecular complexity index is 1220. The fourth-order valence-corrected chi connectivity index (χ4v) is 3.56. The van der Waals surface area contributed by atoms with Crippen LogP contribution in [0.2, 0.25) is 0 Å². The monoisotopic (exact) mass is 563 g/mol. The number of nitrogens with two attached hydrogens (primary N) is 1. The van der Waals surface area contributed by atoms with Gasteiger partial charge in [0.15, 0.2) is 5.75 Å². The minimum Gasteiger partial charge on any atom is -0.409 e. The number of anilines is 1. The van der Waals surface area contributed by atoms with Gasteiger partial charge < -0.3 is 20.3 Å². The van der Waals surface area contributed by atoms with Crippen molar-refractivity contribution in [1.82, 2.24) is 0 Å². The lowest BCUT2D eigenvalue weighted by atomic mass is 9.92. The molecule has 1 saturated carbocycles. The number of ether oxygens (including phenoxy) is 2. The molecule has 7 nitrogen and oxygen atoms in total. The summed E-state index contributed by atoms with van der Waals surface area (Å²) in [6.07, 6.45) is -9.99. The van der Waals surface area contributed by atoms with Crippen LogP contribution in [0.15, 0.2) is 47.6 Å². The average Bonchev–Trinajstić information content (AvgIpc) is 2.83. The van der Waals surface area contributed by atoms with Crippen LogP contribution in [0.25, 0.3) is 5.57 Å². The highest BCUT2D eigenvalue weighted by molar-refractivity contribution is 6.11. The zero-order valence-electron chi connectivity index (χ0n) is 20.4. The van der Waals surface area contributed by atoms with Crippen LogP contribution >= 0.6 is 0 Å². The highest BCUT2D eigenvalue weighted by atomic mass is 19.4. The molecule has 212 valence electrons. The van der Waals surface area contributed by atoms with E-state index in [2.05, 4.69) is 4.99 Å². The van der Waals surface area contributed by atoms with Crippen molar-refractivity contribution in [2.75, 3.05) is 25.1 Å². The molecule has 14 heteroatoms. The molecule has 0 spiro atoms. The highest BCUT2D eigenvalue weighted by Gasteiger charge is 2.41. The van der Waals surface area contributed by atoms with Gasteiger partial charge in [0.2, 0.25) is 0 Å². The number of aliphatic imine (C=N–C) groups is 1. The van der Waals surface area contributed by atoms with E-state index in [-0.39, 0.29) is 31.0 Å². The smallest absolute Gasteiger partial charge is 0.409 e. The van der Waals surface area contributed by atoms with Gasteiger partial charge in [-0.3, -0.25) is 9.89 Å². The third kappa shape index (κ3) is 7.69. The Hall–Kier alpha value is -3.65. The third-order valence-corrected chi connectivity index (χ3v) is 5.76. The fourth-order valence-electron chi connectivity index (χ4n) is 3.56. The number of benzene rings is 2. The number of hydrogen-bond acceptors (Lipinski definition) is 6. The maximum atomic E-state index is 13.9. The van der Waals surface area contributed by atoms with Crippen LogP contribution in [0.4, 0.5) is 41.2 Å². The maximum Gasteiger partial charge on any atom is 0.420 e. The highest BCUT2D eigenvalue weighted by Crippen LogP contribution is 2.44. The zero-order chi connectivity index (χ0) is 29.0. The second-order valence-corrected chi connectivity index (χ2v) is 8.57. The van der Waals surface area contributed by atoms with E-state index in [1.165, 1.54) is 0 Å². The Kier molecular flexibility index (Phi) is 9.22. The molecule has 2 aromatic rings. The number of aliphatic hydroxyl groups excluding tert-OH is 1. The molecule has 1 amide bonds. The van der Waals surface area contributed by atoms with Crippen molar-refractivity contribution >= 4 is 23.6 Å². The fraction of sp³-hybridized carbons (Fsp3) is 0.360. The number of aliphatic hydroxyl groups is 1. The second kappa shape index (κ2) is 12.0. The Morgan fingerprint density at radius 1 is 1.13 bits per heavy atom. The van der Waals surface area contributed by atoms with Crippen LogP contribution < -0.4 is 15.4 Å². The Balaban J connectivity index is 1.97. The predicted molar refractivity (Wildman–Crippen MR) is 128 cm³/mol. The summed E-state index contributed by atoms with van der Waals surface area (Å²) in [5.74, 6) is -1.87. The van der Waals surface area contributed by atoms with Gasteiger partial charge in [-0.05, 0) is 49.2 Å². The third-order valence-electron chi connectivity index (χ3n) is 5.76. The summed E-state index contributed by atoms with van der Waals surface area (Å²) in [6.45, 7) is 0.0594. The van der Waals surface area contributed by atoms with Crippen LogP contribution in [-0.2, 0) is 17.1 Å². The number of carbonyl (C=O) groups excluding carboxylic acids is 1. The first-order chi connectivity index (χ1) is 18.2. The van der Waals surface area contributed by atoms with Gasteiger partial charge in [-0.1, -0.05) is 0 Å². The van der Waals surface area contributed by atoms with Gasteiger partial charge in [-0.25, -0.2) is 9.18 Å². The van der Waals surface area contributed by atoms with Gasteiger partial charge in [0.25, 0.3) is 0 Å². The van der Waals surface area contributed by atoms with Gasteiger partial charge in [-0.15, -0.1) is 0 Å². The van der Waals surface area contributed by atoms with Crippen LogP contribution in [0.5, 0.6) is 5.75 Å². The molecule has 0 saturated heterocycles. The van der Waals surface area contributed by atoms with E-state index in [1.54, 1.807) is 0 Å². The minimum atomic E-state index is -5.36. The van der Waals surface area contributed by atoms with E-state index in [0.717, 1.165) is 48.6 Å². The molecule has 0 heterocycles. The predicted octanol–water partition coefficient (Wildman–Crippen LogP) is 5.41. The second-order valence-electron chi connectivity index (χ2n) is 8.57. The summed E-state index contributed by atoms with van der Waals surface area (Å²) in [7, 11) is 1.12. The molecule has 0 bridgehead atoms. The quantitative estimate of drug-likeness (QED) is 0.255. The Morgan fingerprint density at radius 3 is 2.31 bits per heavy atom. The molecule has 39 heavy (non-hydrogen) atoms. The van der Waals surface area contributed by atoms with E-state index in [4.69, 9.17) is 15.2 Å². The minimum absolute atomic E-state index is 0.0164. The molecule has 2 aromatic carbocycles. The number of halogens is 7. The number of allylic oxidation sites excluding steroid dienone is 1. The summed E-state index contributed by atoms with van der Waals surface area (Å²) >= 11 is 0. The van der Waals surface area contributed by atoms with Gasteiger partial charge >= 0.3 is 18.4 Å². The van der Waals surface area contributed by atoms with Crippen molar-refractivity contribution < 1.29 is 50.1 Å². The molecule has 0 atom stereocenters. The normalized spacial score (nSPS) is 18.2. The number of alkyl halides is 6. The standard InChI is InChI=1S/C25H24F7N3O4/c1-35(17-4-2-16(26)3-5-17)23(37)39-22-20(8-15(24(27,28)29)9-21(22)25(30,31)32)14(12-33)13-34-6-7-38-19-10-18(36)11-19/h2-5,8-9,12-13,18-19,36H,6-7,10-11,33H2,1H3/b14-12+,34-13?. The van der Waals surface area contributed by atoms with Gasteiger partial charge in [-0.2, -0.15) is 26.3 Å². The summed E-state index contributed by atoms with van der Waals surface area (Å²) in [5, 5.41) is 9.26. The van der Waals surface area contributed by atoms with Crippen molar-refractivity contribution in [3.8, 4) is 5.75 Å².